The Morgan fingerprint density at radius 1 is 0.407 bits per heavy atom. The zero-order chi connectivity index (χ0) is 39.0. The molecule has 4 nitrogen and oxygen atoms in total. The maximum atomic E-state index is 6.69. The van der Waals surface area contributed by atoms with Crippen LogP contribution in [0.25, 0.3) is 120 Å². The molecule has 3 heterocycles. The van der Waals surface area contributed by atoms with E-state index in [0.29, 0.717) is 17.5 Å². The Morgan fingerprint density at radius 2 is 1.05 bits per heavy atom. The van der Waals surface area contributed by atoms with Crippen LogP contribution in [0.1, 0.15) is 25.0 Å². The Bertz CT molecular complexity index is 3780. The van der Waals surface area contributed by atoms with E-state index >= 15 is 0 Å². The maximum Gasteiger partial charge on any atom is 0.164 e. The lowest BCUT2D eigenvalue weighted by Gasteiger charge is -2.21. The Labute approximate surface area is 343 Å². The standard InChI is InChI=1S/C54H33N3OS/c1-54(2)44-15-7-5-12-37(44)41-28-43-47(29-45(41)54)58-46-16-9-14-39(50(43)46)53-56-51(55-52(57-53)33-22-25-49-42(27-33)38-13-6-8-17-48(38)59-49)32-19-18-31-21-23-35-34-11-4-3-10-30(34)20-24-36(35)40(31)26-32/h3-29H,1-2H3. The average molecular weight is 772 g/mol. The average Bonchev–Trinajstić information content (AvgIpc) is 3.92. The quantitative estimate of drug-likeness (QED) is 0.168. The fourth-order valence-electron chi connectivity index (χ4n) is 9.78. The van der Waals surface area contributed by atoms with Crippen LogP contribution < -0.4 is 0 Å². The molecule has 0 amide bonds. The molecule has 1 aliphatic carbocycles. The molecule has 59 heavy (non-hydrogen) atoms. The molecule has 12 aromatic rings. The van der Waals surface area contributed by atoms with Crippen LogP contribution >= 0.6 is 11.3 Å². The molecule has 9 aromatic carbocycles. The first kappa shape index (κ1) is 32.8. The number of furan rings is 1. The van der Waals surface area contributed by atoms with E-state index in [4.69, 9.17) is 19.4 Å². The van der Waals surface area contributed by atoms with Crippen LogP contribution in [-0.2, 0) is 5.41 Å². The lowest BCUT2D eigenvalue weighted by molar-refractivity contribution is 0.647. The second-order valence-electron chi connectivity index (χ2n) is 16.3. The summed E-state index contributed by atoms with van der Waals surface area (Å²) in [7, 11) is 0. The van der Waals surface area contributed by atoms with Gasteiger partial charge in [-0.15, -0.1) is 11.3 Å². The van der Waals surface area contributed by atoms with Crippen molar-refractivity contribution >= 4 is 85.8 Å². The molecule has 0 spiro atoms. The first-order valence-electron chi connectivity index (χ1n) is 20.1. The molecule has 0 N–H and O–H groups in total. The van der Waals surface area contributed by atoms with Gasteiger partial charge in [0, 0.05) is 53.1 Å². The molecule has 0 bridgehead atoms. The minimum absolute atomic E-state index is 0.132. The maximum absolute atomic E-state index is 6.69. The molecule has 5 heteroatoms. The molecule has 0 fully saturated rings. The van der Waals surface area contributed by atoms with Crippen LogP contribution in [0.15, 0.2) is 168 Å². The summed E-state index contributed by atoms with van der Waals surface area (Å²) in [6.07, 6.45) is 0. The number of aromatic nitrogens is 3. The van der Waals surface area contributed by atoms with Crippen molar-refractivity contribution < 1.29 is 4.42 Å². The Kier molecular flexibility index (Phi) is 6.63. The van der Waals surface area contributed by atoms with E-state index in [1.807, 2.05) is 17.4 Å². The van der Waals surface area contributed by atoms with Crippen molar-refractivity contribution in [2.24, 2.45) is 0 Å². The van der Waals surface area contributed by atoms with E-state index in [9.17, 15) is 0 Å². The Morgan fingerprint density at radius 3 is 1.92 bits per heavy atom. The lowest BCUT2D eigenvalue weighted by Crippen LogP contribution is -2.14. The summed E-state index contributed by atoms with van der Waals surface area (Å²) in [6.45, 7) is 4.61. The Balaban J connectivity index is 1.06. The van der Waals surface area contributed by atoms with Crippen molar-refractivity contribution in [2.75, 3.05) is 0 Å². The van der Waals surface area contributed by atoms with Gasteiger partial charge in [-0.2, -0.15) is 0 Å². The van der Waals surface area contributed by atoms with Gasteiger partial charge in [0.1, 0.15) is 11.2 Å². The number of thiophene rings is 1. The smallest absolute Gasteiger partial charge is 0.164 e. The monoisotopic (exact) mass is 771 g/mol. The summed E-state index contributed by atoms with van der Waals surface area (Å²) in [5, 5.41) is 11.8. The van der Waals surface area contributed by atoms with E-state index in [0.717, 1.165) is 38.6 Å². The molecule has 0 atom stereocenters. The van der Waals surface area contributed by atoms with Gasteiger partial charge in [0.05, 0.1) is 0 Å². The highest BCUT2D eigenvalue weighted by molar-refractivity contribution is 7.25. The fraction of sp³-hybridized carbons (Fsp3) is 0.0556. The molecule has 1 aliphatic rings. The van der Waals surface area contributed by atoms with Crippen LogP contribution in [-0.4, -0.2) is 15.0 Å². The molecule has 0 saturated carbocycles. The summed E-state index contributed by atoms with van der Waals surface area (Å²) in [4.78, 5) is 16.0. The van der Waals surface area contributed by atoms with Gasteiger partial charge in [-0.25, -0.2) is 15.0 Å². The number of rotatable bonds is 3. The van der Waals surface area contributed by atoms with Crippen LogP contribution in [0.4, 0.5) is 0 Å². The summed E-state index contributed by atoms with van der Waals surface area (Å²) >= 11 is 1.81. The lowest BCUT2D eigenvalue weighted by atomic mass is 9.82. The summed E-state index contributed by atoms with van der Waals surface area (Å²) in [5.74, 6) is 1.87. The number of hydrogen-bond donors (Lipinski definition) is 0. The van der Waals surface area contributed by atoms with Gasteiger partial charge in [0.15, 0.2) is 17.5 Å². The summed E-state index contributed by atoms with van der Waals surface area (Å²) in [6, 6.07) is 58.9. The molecular weight excluding hydrogens is 739 g/mol. The van der Waals surface area contributed by atoms with Gasteiger partial charge in [-0.3, -0.25) is 0 Å². The molecule has 0 saturated heterocycles. The number of fused-ring (bicyclic) bond motifs is 14. The molecular formula is C54H33N3OS. The molecule has 3 aromatic heterocycles. The second kappa shape index (κ2) is 11.9. The van der Waals surface area contributed by atoms with Gasteiger partial charge >= 0.3 is 0 Å². The van der Waals surface area contributed by atoms with E-state index in [2.05, 4.69) is 172 Å². The normalized spacial score (nSPS) is 13.4. The first-order chi connectivity index (χ1) is 29.0. The molecule has 276 valence electrons. The zero-order valence-electron chi connectivity index (χ0n) is 32.2. The van der Waals surface area contributed by atoms with Crippen molar-refractivity contribution in [3.63, 3.8) is 0 Å². The van der Waals surface area contributed by atoms with Crippen molar-refractivity contribution in [1.82, 2.24) is 15.0 Å². The molecule has 0 radical (unpaired) electrons. The third-order valence-electron chi connectivity index (χ3n) is 12.7. The van der Waals surface area contributed by atoms with Gasteiger partial charge in [0.25, 0.3) is 0 Å². The summed E-state index contributed by atoms with van der Waals surface area (Å²) < 4.78 is 9.20. The predicted octanol–water partition coefficient (Wildman–Crippen LogP) is 14.9. The van der Waals surface area contributed by atoms with Crippen LogP contribution in [0, 0.1) is 0 Å². The number of nitrogens with zero attached hydrogens (tertiary/aromatic N) is 3. The van der Waals surface area contributed by atoms with Gasteiger partial charge in [0.2, 0.25) is 0 Å². The minimum Gasteiger partial charge on any atom is -0.456 e. The topological polar surface area (TPSA) is 51.8 Å². The van der Waals surface area contributed by atoms with E-state index < -0.39 is 0 Å². The van der Waals surface area contributed by atoms with E-state index in [-0.39, 0.29) is 5.41 Å². The van der Waals surface area contributed by atoms with Gasteiger partial charge in [-0.1, -0.05) is 129 Å². The second-order valence-corrected chi connectivity index (χ2v) is 17.4. The van der Waals surface area contributed by atoms with E-state index in [1.54, 1.807) is 0 Å². The fourth-order valence-corrected chi connectivity index (χ4v) is 10.9. The summed E-state index contributed by atoms with van der Waals surface area (Å²) in [5.41, 5.74) is 9.49. The Hall–Kier alpha value is -7.21. The largest absolute Gasteiger partial charge is 0.456 e. The third kappa shape index (κ3) is 4.74. The highest BCUT2D eigenvalue weighted by Crippen LogP contribution is 2.51. The van der Waals surface area contributed by atoms with Crippen molar-refractivity contribution in [1.29, 1.82) is 0 Å². The highest BCUT2D eigenvalue weighted by atomic mass is 32.1. The van der Waals surface area contributed by atoms with Crippen molar-refractivity contribution in [3.8, 4) is 45.3 Å². The SMILES string of the molecule is CC1(C)c2ccccc2-c2cc3c(cc21)oc1cccc(-c2nc(-c4ccc5ccc6c7ccccc7ccc6c5c4)nc(-c4ccc5sc6ccccc6c5c4)n2)c13. The molecule has 13 rings (SSSR count). The van der Waals surface area contributed by atoms with Crippen LogP contribution in [0.5, 0.6) is 0 Å². The number of hydrogen-bond acceptors (Lipinski definition) is 5. The van der Waals surface area contributed by atoms with E-state index in [1.165, 1.54) is 74.7 Å². The van der Waals surface area contributed by atoms with Crippen LogP contribution in [0.2, 0.25) is 0 Å². The first-order valence-corrected chi connectivity index (χ1v) is 20.9. The van der Waals surface area contributed by atoms with Gasteiger partial charge < -0.3 is 4.42 Å². The zero-order valence-corrected chi connectivity index (χ0v) is 33.1. The third-order valence-corrected chi connectivity index (χ3v) is 13.9. The van der Waals surface area contributed by atoms with Crippen molar-refractivity contribution in [3.05, 3.63) is 175 Å². The van der Waals surface area contributed by atoms with Crippen molar-refractivity contribution in [2.45, 2.75) is 19.3 Å². The minimum atomic E-state index is -0.132. The van der Waals surface area contributed by atoms with Gasteiger partial charge in [-0.05, 0) is 103 Å². The molecule has 0 aliphatic heterocycles. The predicted molar refractivity (Wildman–Crippen MR) is 246 cm³/mol. The highest BCUT2D eigenvalue weighted by Gasteiger charge is 2.36. The number of benzene rings is 9. The molecule has 0 unspecified atom stereocenters. The van der Waals surface area contributed by atoms with Crippen LogP contribution in [0.3, 0.4) is 0 Å².